The fourth-order valence-electron chi connectivity index (χ4n) is 9.52. The molecule has 0 amide bonds. The van der Waals surface area contributed by atoms with Crippen molar-refractivity contribution < 1.29 is 20.1 Å². The van der Waals surface area contributed by atoms with Gasteiger partial charge < -0.3 is 0 Å². The topological polar surface area (TPSA) is 38.7 Å². The van der Waals surface area contributed by atoms with Crippen molar-refractivity contribution in [2.45, 2.75) is 33.1 Å². The van der Waals surface area contributed by atoms with Crippen LogP contribution >= 0.6 is 11.3 Å². The first-order chi connectivity index (χ1) is 32.3. The zero-order valence-electron chi connectivity index (χ0n) is 37.6. The Labute approximate surface area is 410 Å². The molecule has 0 saturated heterocycles. The Morgan fingerprint density at radius 2 is 1.12 bits per heavy atom. The van der Waals surface area contributed by atoms with Crippen LogP contribution in [0.3, 0.4) is 0 Å². The summed E-state index contributed by atoms with van der Waals surface area (Å²) >= 11 is 1.71. The number of fused-ring (bicyclic) bond motifs is 5. The maximum absolute atomic E-state index is 5.41. The normalized spacial score (nSPS) is 12.2. The first-order valence-electron chi connectivity index (χ1n) is 22.4. The van der Waals surface area contributed by atoms with E-state index in [2.05, 4.69) is 216 Å². The molecule has 0 aliphatic heterocycles. The van der Waals surface area contributed by atoms with Crippen molar-refractivity contribution in [3.05, 3.63) is 235 Å². The van der Waals surface area contributed by atoms with E-state index < -0.39 is 0 Å². The third kappa shape index (κ3) is 8.25. The number of nitrogens with zero attached hydrogens (tertiary/aromatic N) is 3. The first-order valence-corrected chi connectivity index (χ1v) is 23.2. The summed E-state index contributed by atoms with van der Waals surface area (Å²) in [5.74, 6) is 0.690. The van der Waals surface area contributed by atoms with Crippen LogP contribution in [-0.2, 0) is 25.5 Å². The Hall–Kier alpha value is -7.14. The van der Waals surface area contributed by atoms with Crippen LogP contribution < -0.4 is 0 Å². The molecule has 0 bridgehead atoms. The number of rotatable bonds is 6. The van der Waals surface area contributed by atoms with E-state index in [-0.39, 0.29) is 25.5 Å². The summed E-state index contributed by atoms with van der Waals surface area (Å²) in [6.07, 6.45) is 0. The van der Waals surface area contributed by atoms with Gasteiger partial charge in [0.1, 0.15) is 0 Å². The van der Waals surface area contributed by atoms with Crippen LogP contribution in [0.25, 0.3) is 98.8 Å². The maximum atomic E-state index is 5.41. The smallest absolute Gasteiger partial charge is 0.0763 e. The third-order valence-electron chi connectivity index (χ3n) is 12.9. The van der Waals surface area contributed by atoms with Crippen LogP contribution in [0, 0.1) is 26.0 Å². The maximum Gasteiger partial charge on any atom is 0.0763 e. The molecule has 2 heterocycles. The van der Waals surface area contributed by atoms with Gasteiger partial charge in [-0.2, -0.15) is 11.3 Å². The molecule has 11 aromatic rings. The molecule has 12 rings (SSSR count). The minimum Gasteiger partial charge on any atom is -0.285 e. The number of thiazole rings is 1. The Bertz CT molecular complexity index is 3530. The number of hydrogen-bond acceptors (Lipinski definition) is 4. The van der Waals surface area contributed by atoms with E-state index in [1.807, 2.05) is 24.3 Å². The van der Waals surface area contributed by atoms with Gasteiger partial charge in [-0.3, -0.25) is 15.0 Å². The number of benzene rings is 9. The quantitative estimate of drug-likeness (QED) is 0.156. The summed E-state index contributed by atoms with van der Waals surface area (Å²) < 4.78 is 1.21. The van der Waals surface area contributed by atoms with Crippen molar-refractivity contribution in [2.24, 2.45) is 0 Å². The predicted octanol–water partition coefficient (Wildman–Crippen LogP) is 16.4. The van der Waals surface area contributed by atoms with Gasteiger partial charge in [-0.05, 0) is 88.0 Å². The Balaban J connectivity index is 0.000000199. The van der Waals surface area contributed by atoms with Crippen LogP contribution in [0.2, 0.25) is 0 Å². The summed E-state index contributed by atoms with van der Waals surface area (Å²) in [5.41, 5.74) is 20.5. The van der Waals surface area contributed by atoms with E-state index in [1.54, 1.807) is 11.3 Å². The molecular weight excluding hydrogens is 1010 g/mol. The van der Waals surface area contributed by atoms with Crippen molar-refractivity contribution in [1.29, 1.82) is 0 Å². The second-order valence-electron chi connectivity index (χ2n) is 17.5. The Morgan fingerprint density at radius 3 is 1.84 bits per heavy atom. The molecule has 67 heavy (non-hydrogen) atoms. The summed E-state index contributed by atoms with van der Waals surface area (Å²) in [7, 11) is 0. The van der Waals surface area contributed by atoms with Gasteiger partial charge in [0, 0.05) is 46.3 Å². The van der Waals surface area contributed by atoms with Crippen LogP contribution in [0.5, 0.6) is 0 Å². The molecule has 3 nitrogen and oxygen atoms in total. The van der Waals surface area contributed by atoms with E-state index in [0.717, 1.165) is 60.5 Å². The molecule has 0 spiro atoms. The zero-order chi connectivity index (χ0) is 44.8. The van der Waals surface area contributed by atoms with Crippen LogP contribution in [0.15, 0.2) is 200 Å². The van der Waals surface area contributed by atoms with Gasteiger partial charge in [-0.15, -0.1) is 64.7 Å². The number of aryl methyl sites for hydroxylation is 2. The minimum atomic E-state index is -0.0804. The van der Waals surface area contributed by atoms with Crippen molar-refractivity contribution in [2.75, 3.05) is 0 Å². The summed E-state index contributed by atoms with van der Waals surface area (Å²) in [5, 5.41) is 2.07. The van der Waals surface area contributed by atoms with E-state index in [9.17, 15) is 0 Å². The van der Waals surface area contributed by atoms with Crippen molar-refractivity contribution in [3.8, 4) is 77.7 Å². The second kappa shape index (κ2) is 18.3. The van der Waals surface area contributed by atoms with E-state index in [1.165, 1.54) is 54.8 Å². The van der Waals surface area contributed by atoms with Crippen molar-refractivity contribution >= 4 is 32.5 Å². The minimum absolute atomic E-state index is 0. The largest absolute Gasteiger partial charge is 0.285 e. The van der Waals surface area contributed by atoms with Crippen molar-refractivity contribution in [3.63, 3.8) is 0 Å². The molecular formula is C62H45IrN3S-2. The monoisotopic (exact) mass is 1060 g/mol. The molecule has 0 unspecified atom stereocenters. The van der Waals surface area contributed by atoms with Gasteiger partial charge in [0.25, 0.3) is 0 Å². The average molecular weight is 1060 g/mol. The van der Waals surface area contributed by atoms with Gasteiger partial charge in [0.15, 0.2) is 0 Å². The molecule has 0 N–H and O–H groups in total. The molecule has 1 radical (unpaired) electrons. The zero-order valence-corrected chi connectivity index (χ0v) is 40.8. The number of para-hydroxylation sites is 1. The van der Waals surface area contributed by atoms with Crippen molar-refractivity contribution in [1.82, 2.24) is 15.0 Å². The molecule has 1 aliphatic rings. The molecule has 2 aromatic heterocycles. The summed E-state index contributed by atoms with van der Waals surface area (Å²) in [4.78, 5) is 15.5. The molecule has 5 heteroatoms. The first kappa shape index (κ1) is 43.7. The van der Waals surface area contributed by atoms with E-state index in [4.69, 9.17) is 15.0 Å². The SMILES string of the molecule is Cc1cccc(C)c1-c1nc(-c2[c-]cc3c(c2)-c2ccccc2C3(C)C)nc2c(-c3ccccc3)cc(-c3ccccc3)cc12.[Ir].[c-]1ccc(-c2ccccc2)cc1-c1nc2ccccc2s1. The van der Waals surface area contributed by atoms with E-state index >= 15 is 0 Å². The van der Waals surface area contributed by atoms with Gasteiger partial charge in [-0.1, -0.05) is 165 Å². The molecule has 0 saturated carbocycles. The average Bonchev–Trinajstić information content (AvgIpc) is 3.91. The van der Waals surface area contributed by atoms with Gasteiger partial charge >= 0.3 is 0 Å². The van der Waals surface area contributed by atoms with Gasteiger partial charge in [0.05, 0.1) is 22.6 Å². The van der Waals surface area contributed by atoms with Crippen LogP contribution in [0.4, 0.5) is 0 Å². The Morgan fingerprint density at radius 1 is 0.478 bits per heavy atom. The third-order valence-corrected chi connectivity index (χ3v) is 14.0. The fourth-order valence-corrected chi connectivity index (χ4v) is 10.5. The van der Waals surface area contributed by atoms with Crippen LogP contribution in [-0.4, -0.2) is 15.0 Å². The van der Waals surface area contributed by atoms with E-state index in [0.29, 0.717) is 5.82 Å². The van der Waals surface area contributed by atoms with Crippen LogP contribution in [0.1, 0.15) is 36.1 Å². The number of hydrogen-bond donors (Lipinski definition) is 0. The molecule has 0 fully saturated rings. The molecule has 1 aliphatic carbocycles. The van der Waals surface area contributed by atoms with Gasteiger partial charge in [-0.25, -0.2) is 0 Å². The summed E-state index contributed by atoms with van der Waals surface area (Å²) in [6, 6.07) is 77.1. The van der Waals surface area contributed by atoms with Gasteiger partial charge in [0.2, 0.25) is 0 Å². The predicted molar refractivity (Wildman–Crippen MR) is 276 cm³/mol. The molecule has 0 atom stereocenters. The summed E-state index contributed by atoms with van der Waals surface area (Å²) in [6.45, 7) is 8.95. The second-order valence-corrected chi connectivity index (χ2v) is 18.5. The number of aromatic nitrogens is 3. The Kier molecular flexibility index (Phi) is 11.9. The molecule has 325 valence electrons. The molecule has 9 aromatic carbocycles. The standard InChI is InChI=1S/C43H33N2.C19H12NS.Ir/c1-27-14-13-15-28(2)39(27)41-36-26-32(29-16-7-5-8-17-29)25-34(30-18-9-6-10-19-30)40(36)44-42(45-41)31-22-23-38-35(24-31)33-20-11-12-21-37(33)43(38,3)4;1-2-7-14(8-3-1)15-9-6-10-16(13-15)19-20-17-11-4-5-12-18(17)21-19;/h5-21,23-26H,1-4H3;1-9,11-13H;/q2*-1;. The fraction of sp³-hybridized carbons (Fsp3) is 0.0806.